The molecule has 2 amide bonds. The molecule has 1 aromatic carbocycles. The van der Waals surface area contributed by atoms with Gasteiger partial charge in [0, 0.05) is 5.69 Å². The van der Waals surface area contributed by atoms with Gasteiger partial charge in [-0.15, -0.1) is 0 Å². The number of benzene rings is 1. The predicted octanol–water partition coefficient (Wildman–Crippen LogP) is 1.37. The SMILES string of the molecule is N#CCC(=O)Nc1ccc(C(=O)OCC(=O)NCC(F)(F)F)cc1. The number of esters is 1. The van der Waals surface area contributed by atoms with Gasteiger partial charge in [0.25, 0.3) is 5.91 Å². The number of carbonyl (C=O) groups excluding carboxylic acids is 3. The zero-order valence-corrected chi connectivity index (χ0v) is 12.1. The molecule has 0 aliphatic rings. The van der Waals surface area contributed by atoms with E-state index in [0.717, 1.165) is 0 Å². The van der Waals surface area contributed by atoms with Crippen LogP contribution in [0.2, 0.25) is 0 Å². The van der Waals surface area contributed by atoms with Crippen molar-refractivity contribution >= 4 is 23.5 Å². The molecule has 0 unspecified atom stereocenters. The minimum absolute atomic E-state index is 0.0388. The van der Waals surface area contributed by atoms with Crippen LogP contribution in [0.4, 0.5) is 18.9 Å². The van der Waals surface area contributed by atoms with Gasteiger partial charge in [0.1, 0.15) is 13.0 Å². The monoisotopic (exact) mass is 343 g/mol. The van der Waals surface area contributed by atoms with Gasteiger partial charge in [-0.25, -0.2) is 4.79 Å². The van der Waals surface area contributed by atoms with Crippen molar-refractivity contribution in [1.29, 1.82) is 5.26 Å². The molecule has 1 rings (SSSR count). The van der Waals surface area contributed by atoms with Crippen LogP contribution < -0.4 is 10.6 Å². The van der Waals surface area contributed by atoms with Gasteiger partial charge in [0.05, 0.1) is 11.6 Å². The summed E-state index contributed by atoms with van der Waals surface area (Å²) in [7, 11) is 0. The lowest BCUT2D eigenvalue weighted by atomic mass is 10.2. The maximum Gasteiger partial charge on any atom is 0.405 e. The summed E-state index contributed by atoms with van der Waals surface area (Å²) >= 11 is 0. The first-order valence-electron chi connectivity index (χ1n) is 6.48. The quantitative estimate of drug-likeness (QED) is 0.759. The molecule has 0 radical (unpaired) electrons. The third-order valence-electron chi connectivity index (χ3n) is 2.46. The van der Waals surface area contributed by atoms with Gasteiger partial charge < -0.3 is 15.4 Å². The van der Waals surface area contributed by atoms with Crippen LogP contribution in [0.1, 0.15) is 16.8 Å². The van der Waals surface area contributed by atoms with Crippen molar-refractivity contribution in [2.45, 2.75) is 12.6 Å². The summed E-state index contributed by atoms with van der Waals surface area (Å²) < 4.78 is 40.2. The summed E-state index contributed by atoms with van der Waals surface area (Å²) in [5, 5.41) is 12.3. The van der Waals surface area contributed by atoms with Crippen LogP contribution in [0.5, 0.6) is 0 Å². The smallest absolute Gasteiger partial charge is 0.405 e. The summed E-state index contributed by atoms with van der Waals surface area (Å²) in [6, 6.07) is 6.99. The average molecular weight is 343 g/mol. The van der Waals surface area contributed by atoms with Crippen LogP contribution in [0, 0.1) is 11.3 Å². The largest absolute Gasteiger partial charge is 0.452 e. The van der Waals surface area contributed by atoms with Gasteiger partial charge in [-0.05, 0) is 24.3 Å². The highest BCUT2D eigenvalue weighted by molar-refractivity contribution is 5.94. The number of halogens is 3. The molecule has 0 bridgehead atoms. The third-order valence-corrected chi connectivity index (χ3v) is 2.46. The summed E-state index contributed by atoms with van der Waals surface area (Å²) in [6.45, 7) is -2.37. The van der Waals surface area contributed by atoms with Crippen molar-refractivity contribution in [2.75, 3.05) is 18.5 Å². The second-order valence-electron chi connectivity index (χ2n) is 4.43. The third kappa shape index (κ3) is 7.26. The van der Waals surface area contributed by atoms with Gasteiger partial charge in [-0.2, -0.15) is 18.4 Å². The van der Waals surface area contributed by atoms with Crippen molar-refractivity contribution < 1.29 is 32.3 Å². The topological polar surface area (TPSA) is 108 Å². The highest BCUT2D eigenvalue weighted by atomic mass is 19.4. The minimum Gasteiger partial charge on any atom is -0.452 e. The number of ether oxygens (including phenoxy) is 1. The molecule has 0 atom stereocenters. The number of nitrogens with zero attached hydrogens (tertiary/aromatic N) is 1. The molecule has 7 nitrogen and oxygen atoms in total. The number of nitrogens with one attached hydrogen (secondary N) is 2. The molecule has 0 fully saturated rings. The Bertz CT molecular complexity index is 651. The van der Waals surface area contributed by atoms with Gasteiger partial charge in [-0.3, -0.25) is 9.59 Å². The fraction of sp³-hybridized carbons (Fsp3) is 0.286. The number of hydrogen-bond acceptors (Lipinski definition) is 5. The molecule has 0 aliphatic carbocycles. The van der Waals surface area contributed by atoms with Gasteiger partial charge in [0.2, 0.25) is 5.91 Å². The fourth-order valence-electron chi connectivity index (χ4n) is 1.43. The molecule has 1 aromatic rings. The van der Waals surface area contributed by atoms with Gasteiger partial charge in [-0.1, -0.05) is 0 Å². The fourth-order valence-corrected chi connectivity index (χ4v) is 1.43. The van der Waals surface area contributed by atoms with E-state index < -0.39 is 37.1 Å². The molecular weight excluding hydrogens is 331 g/mol. The first kappa shape index (κ1) is 19.0. The highest BCUT2D eigenvalue weighted by Gasteiger charge is 2.27. The van der Waals surface area contributed by atoms with Crippen molar-refractivity contribution in [3.05, 3.63) is 29.8 Å². The van der Waals surface area contributed by atoms with Crippen LogP contribution in [0.15, 0.2) is 24.3 Å². The molecule has 0 spiro atoms. The molecule has 0 aromatic heterocycles. The van der Waals surface area contributed by atoms with E-state index in [1.165, 1.54) is 24.3 Å². The molecule has 0 aliphatic heterocycles. The lowest BCUT2D eigenvalue weighted by Gasteiger charge is -2.09. The molecule has 2 N–H and O–H groups in total. The second kappa shape index (κ2) is 8.52. The van der Waals surface area contributed by atoms with Gasteiger partial charge >= 0.3 is 12.1 Å². The summed E-state index contributed by atoms with van der Waals surface area (Å²) in [5.74, 6) is -2.51. The normalized spacial score (nSPS) is 10.4. The Hall–Kier alpha value is -3.09. The minimum atomic E-state index is -4.55. The number of anilines is 1. The van der Waals surface area contributed by atoms with Crippen LogP contribution in [0.25, 0.3) is 0 Å². The Labute approximate surface area is 134 Å². The maximum atomic E-state index is 11.9. The van der Waals surface area contributed by atoms with E-state index >= 15 is 0 Å². The zero-order chi connectivity index (χ0) is 18.2. The molecule has 10 heteroatoms. The number of carbonyl (C=O) groups is 3. The average Bonchev–Trinajstić information content (AvgIpc) is 2.51. The molecular formula is C14H12F3N3O4. The number of amides is 2. The van der Waals surface area contributed by atoms with E-state index in [-0.39, 0.29) is 12.0 Å². The number of hydrogen-bond donors (Lipinski definition) is 2. The standard InChI is InChI=1S/C14H12F3N3O4/c15-14(16,17)8-19-12(22)7-24-13(23)9-1-3-10(4-2-9)20-11(21)5-6-18/h1-4H,5,7-8H2,(H,19,22)(H,20,21). The Morgan fingerprint density at radius 3 is 2.29 bits per heavy atom. The number of alkyl halides is 3. The first-order valence-corrected chi connectivity index (χ1v) is 6.48. The maximum absolute atomic E-state index is 11.9. The van der Waals surface area contributed by atoms with E-state index in [2.05, 4.69) is 10.1 Å². The Balaban J connectivity index is 2.47. The van der Waals surface area contributed by atoms with Crippen LogP contribution in [-0.2, 0) is 14.3 Å². The summed E-state index contributed by atoms with van der Waals surface area (Å²) in [5.41, 5.74) is 0.381. The van der Waals surface area contributed by atoms with Crippen molar-refractivity contribution in [1.82, 2.24) is 5.32 Å². The summed E-state index contributed by atoms with van der Waals surface area (Å²) in [6.07, 6.45) is -4.87. The van der Waals surface area contributed by atoms with E-state index in [1.54, 1.807) is 11.4 Å². The van der Waals surface area contributed by atoms with E-state index in [1.807, 2.05) is 0 Å². The molecule has 128 valence electrons. The van der Waals surface area contributed by atoms with Crippen molar-refractivity contribution in [2.24, 2.45) is 0 Å². The predicted molar refractivity (Wildman–Crippen MR) is 74.6 cm³/mol. The second-order valence-corrected chi connectivity index (χ2v) is 4.43. The highest BCUT2D eigenvalue weighted by Crippen LogP contribution is 2.12. The van der Waals surface area contributed by atoms with Crippen molar-refractivity contribution in [3.63, 3.8) is 0 Å². The van der Waals surface area contributed by atoms with E-state index in [0.29, 0.717) is 5.69 Å². The molecule has 0 saturated carbocycles. The van der Waals surface area contributed by atoms with Crippen molar-refractivity contribution in [3.8, 4) is 6.07 Å². The van der Waals surface area contributed by atoms with Crippen LogP contribution >= 0.6 is 0 Å². The van der Waals surface area contributed by atoms with Gasteiger partial charge in [0.15, 0.2) is 6.61 Å². The Morgan fingerprint density at radius 1 is 1.12 bits per heavy atom. The van der Waals surface area contributed by atoms with Crippen LogP contribution in [-0.4, -0.2) is 37.1 Å². The van der Waals surface area contributed by atoms with E-state index in [9.17, 15) is 27.6 Å². The Kier molecular flexibility index (Phi) is 6.73. The number of nitriles is 1. The first-order chi connectivity index (χ1) is 11.2. The molecule has 0 saturated heterocycles. The van der Waals surface area contributed by atoms with E-state index in [4.69, 9.17) is 5.26 Å². The lowest BCUT2D eigenvalue weighted by Crippen LogP contribution is -2.36. The van der Waals surface area contributed by atoms with Crippen LogP contribution in [0.3, 0.4) is 0 Å². The molecule has 24 heavy (non-hydrogen) atoms. The Morgan fingerprint density at radius 2 is 1.75 bits per heavy atom. The number of rotatable bonds is 6. The molecule has 0 heterocycles. The summed E-state index contributed by atoms with van der Waals surface area (Å²) in [4.78, 5) is 33.9. The zero-order valence-electron chi connectivity index (χ0n) is 12.1. The lowest BCUT2D eigenvalue weighted by molar-refractivity contribution is -0.140.